The van der Waals surface area contributed by atoms with Crippen LogP contribution in [0, 0.1) is 5.41 Å². The van der Waals surface area contributed by atoms with Gasteiger partial charge in [0.1, 0.15) is 0 Å². The Morgan fingerprint density at radius 2 is 1.70 bits per heavy atom. The van der Waals surface area contributed by atoms with Crippen molar-refractivity contribution in [2.45, 2.75) is 20.8 Å². The molecule has 0 fully saturated rings. The first-order valence-corrected chi connectivity index (χ1v) is 3.63. The first-order valence-electron chi connectivity index (χ1n) is 3.63. The average molecular weight is 146 g/mol. The maximum absolute atomic E-state index is 5.31. The van der Waals surface area contributed by atoms with Gasteiger partial charge in [-0.1, -0.05) is 20.8 Å². The molecule has 62 valence electrons. The Morgan fingerprint density at radius 1 is 1.10 bits per heavy atom. The zero-order chi connectivity index (χ0) is 8.04. The van der Waals surface area contributed by atoms with Gasteiger partial charge in [0.15, 0.2) is 0 Å². The first kappa shape index (κ1) is 9.92. The Hall–Kier alpha value is -0.0800. The number of methoxy groups -OCH3 is 1. The van der Waals surface area contributed by atoms with E-state index in [-0.39, 0.29) is 5.41 Å². The van der Waals surface area contributed by atoms with Crippen LogP contribution in [0.5, 0.6) is 0 Å². The summed E-state index contributed by atoms with van der Waals surface area (Å²) >= 11 is 0. The highest BCUT2D eigenvalue weighted by Gasteiger charge is 2.08. The Balaban J connectivity index is 3.04. The Morgan fingerprint density at radius 3 is 2.10 bits per heavy atom. The molecule has 0 aromatic rings. The largest absolute Gasteiger partial charge is 0.382 e. The molecule has 0 N–H and O–H groups in total. The van der Waals surface area contributed by atoms with Gasteiger partial charge in [-0.15, -0.1) is 0 Å². The smallest absolute Gasteiger partial charge is 0.0700 e. The molecule has 0 aliphatic rings. The van der Waals surface area contributed by atoms with Gasteiger partial charge in [-0.2, -0.15) is 0 Å². The average Bonchev–Trinajstić information content (AvgIpc) is 1.78. The van der Waals surface area contributed by atoms with E-state index in [1.165, 1.54) is 0 Å². The third-order valence-corrected chi connectivity index (χ3v) is 0.967. The van der Waals surface area contributed by atoms with Gasteiger partial charge in [0, 0.05) is 7.11 Å². The van der Waals surface area contributed by atoms with Crippen molar-refractivity contribution in [3.63, 3.8) is 0 Å². The zero-order valence-corrected chi connectivity index (χ0v) is 7.44. The van der Waals surface area contributed by atoms with Gasteiger partial charge in [0.2, 0.25) is 0 Å². The molecular formula is C8H18O2. The molecule has 0 saturated heterocycles. The standard InChI is InChI=1S/C8H18O2/c1-8(2,3)7-10-6-5-9-4/h5-7H2,1-4H3. The van der Waals surface area contributed by atoms with E-state index in [4.69, 9.17) is 9.47 Å². The molecule has 2 nitrogen and oxygen atoms in total. The zero-order valence-electron chi connectivity index (χ0n) is 7.44. The summed E-state index contributed by atoms with van der Waals surface area (Å²) in [5.74, 6) is 0. The molecule has 0 aliphatic carbocycles. The topological polar surface area (TPSA) is 18.5 Å². The second-order valence-corrected chi connectivity index (χ2v) is 3.61. The van der Waals surface area contributed by atoms with Crippen LogP contribution in [0.25, 0.3) is 0 Å². The summed E-state index contributed by atoms with van der Waals surface area (Å²) in [6, 6.07) is 0. The monoisotopic (exact) mass is 146 g/mol. The van der Waals surface area contributed by atoms with Crippen molar-refractivity contribution in [2.75, 3.05) is 26.9 Å². The third-order valence-electron chi connectivity index (χ3n) is 0.967. The van der Waals surface area contributed by atoms with Crippen LogP contribution in [0.15, 0.2) is 0 Å². The maximum Gasteiger partial charge on any atom is 0.0700 e. The van der Waals surface area contributed by atoms with Crippen LogP contribution in [0.4, 0.5) is 0 Å². The summed E-state index contributed by atoms with van der Waals surface area (Å²) in [6.07, 6.45) is 0. The second-order valence-electron chi connectivity index (χ2n) is 3.61. The van der Waals surface area contributed by atoms with E-state index in [0.717, 1.165) is 6.61 Å². The molecule has 0 rings (SSSR count). The van der Waals surface area contributed by atoms with Crippen LogP contribution in [-0.2, 0) is 9.47 Å². The van der Waals surface area contributed by atoms with E-state index in [1.807, 2.05) is 0 Å². The predicted octanol–water partition coefficient (Wildman–Crippen LogP) is 1.70. The van der Waals surface area contributed by atoms with Crippen LogP contribution >= 0.6 is 0 Å². The molecule has 0 bridgehead atoms. The van der Waals surface area contributed by atoms with Gasteiger partial charge in [-0.25, -0.2) is 0 Å². The molecular weight excluding hydrogens is 128 g/mol. The molecule has 0 heterocycles. The Labute approximate surface area is 63.5 Å². The minimum absolute atomic E-state index is 0.272. The van der Waals surface area contributed by atoms with E-state index in [9.17, 15) is 0 Å². The minimum Gasteiger partial charge on any atom is -0.382 e. The summed E-state index contributed by atoms with van der Waals surface area (Å²) < 4.78 is 10.1. The van der Waals surface area contributed by atoms with Crippen LogP contribution in [0.3, 0.4) is 0 Å². The molecule has 0 unspecified atom stereocenters. The number of hydrogen-bond donors (Lipinski definition) is 0. The van der Waals surface area contributed by atoms with Gasteiger partial charge in [0.25, 0.3) is 0 Å². The highest BCUT2D eigenvalue weighted by atomic mass is 16.5. The Bertz CT molecular complexity index is 73.8. The fourth-order valence-corrected chi connectivity index (χ4v) is 0.521. The van der Waals surface area contributed by atoms with Gasteiger partial charge in [-0.05, 0) is 5.41 Å². The van der Waals surface area contributed by atoms with Gasteiger partial charge in [0.05, 0.1) is 19.8 Å². The van der Waals surface area contributed by atoms with Gasteiger partial charge in [-0.3, -0.25) is 0 Å². The molecule has 0 radical (unpaired) electrons. The van der Waals surface area contributed by atoms with Crippen molar-refractivity contribution in [3.8, 4) is 0 Å². The quantitative estimate of drug-likeness (QED) is 0.562. The summed E-state index contributed by atoms with van der Waals surface area (Å²) in [5, 5.41) is 0. The first-order chi connectivity index (χ1) is 4.56. The molecule has 0 aliphatic heterocycles. The van der Waals surface area contributed by atoms with E-state index in [0.29, 0.717) is 13.2 Å². The lowest BCUT2D eigenvalue weighted by Gasteiger charge is -2.17. The molecule has 10 heavy (non-hydrogen) atoms. The lowest BCUT2D eigenvalue weighted by Crippen LogP contribution is -2.16. The summed E-state index contributed by atoms with van der Waals surface area (Å²) in [6.45, 7) is 8.65. The molecule has 0 amide bonds. The van der Waals surface area contributed by atoms with Crippen molar-refractivity contribution in [1.29, 1.82) is 0 Å². The molecule has 0 aromatic heterocycles. The van der Waals surface area contributed by atoms with Crippen LogP contribution in [0.1, 0.15) is 20.8 Å². The molecule has 0 spiro atoms. The third kappa shape index (κ3) is 7.92. The van der Waals surface area contributed by atoms with Gasteiger partial charge < -0.3 is 9.47 Å². The van der Waals surface area contributed by atoms with E-state index in [1.54, 1.807) is 7.11 Å². The minimum atomic E-state index is 0.272. The number of hydrogen-bond acceptors (Lipinski definition) is 2. The highest BCUT2D eigenvalue weighted by Crippen LogP contribution is 2.12. The summed E-state index contributed by atoms with van der Waals surface area (Å²) in [5.41, 5.74) is 0.272. The molecule has 0 atom stereocenters. The highest BCUT2D eigenvalue weighted by molar-refractivity contribution is 4.58. The van der Waals surface area contributed by atoms with Crippen LogP contribution < -0.4 is 0 Å². The molecule has 2 heteroatoms. The van der Waals surface area contributed by atoms with Crippen LogP contribution in [-0.4, -0.2) is 26.9 Å². The fourth-order valence-electron chi connectivity index (χ4n) is 0.521. The van der Waals surface area contributed by atoms with E-state index >= 15 is 0 Å². The van der Waals surface area contributed by atoms with Crippen molar-refractivity contribution >= 4 is 0 Å². The molecule has 0 saturated carbocycles. The number of ether oxygens (including phenoxy) is 2. The van der Waals surface area contributed by atoms with Crippen LogP contribution in [0.2, 0.25) is 0 Å². The number of rotatable bonds is 4. The SMILES string of the molecule is COCCOCC(C)(C)C. The Kier molecular flexibility index (Phi) is 4.65. The predicted molar refractivity (Wildman–Crippen MR) is 42.2 cm³/mol. The van der Waals surface area contributed by atoms with Crippen molar-refractivity contribution < 1.29 is 9.47 Å². The van der Waals surface area contributed by atoms with Crippen molar-refractivity contribution in [1.82, 2.24) is 0 Å². The fraction of sp³-hybridized carbons (Fsp3) is 1.00. The molecule has 0 aromatic carbocycles. The second kappa shape index (κ2) is 4.69. The van der Waals surface area contributed by atoms with Crippen molar-refractivity contribution in [2.24, 2.45) is 5.41 Å². The lowest BCUT2D eigenvalue weighted by molar-refractivity contribution is 0.0337. The van der Waals surface area contributed by atoms with Crippen molar-refractivity contribution in [3.05, 3.63) is 0 Å². The maximum atomic E-state index is 5.31. The normalized spacial score (nSPS) is 12.0. The van der Waals surface area contributed by atoms with E-state index < -0.39 is 0 Å². The van der Waals surface area contributed by atoms with Gasteiger partial charge >= 0.3 is 0 Å². The summed E-state index contributed by atoms with van der Waals surface area (Å²) in [4.78, 5) is 0. The van der Waals surface area contributed by atoms with E-state index in [2.05, 4.69) is 20.8 Å². The summed E-state index contributed by atoms with van der Waals surface area (Å²) in [7, 11) is 1.68. The lowest BCUT2D eigenvalue weighted by atomic mass is 9.99.